The summed E-state index contributed by atoms with van der Waals surface area (Å²) in [5, 5.41) is 2.21. The third kappa shape index (κ3) is 2.24. The summed E-state index contributed by atoms with van der Waals surface area (Å²) < 4.78 is 14.3. The average Bonchev–Trinajstić information content (AvgIpc) is 2.77. The summed E-state index contributed by atoms with van der Waals surface area (Å²) in [6.07, 6.45) is 0. The van der Waals surface area contributed by atoms with Crippen LogP contribution in [0.1, 0.15) is 64.5 Å². The molecule has 0 N–H and O–H groups in total. The number of fused-ring (bicyclic) bond motifs is 3. The molecule has 0 saturated heterocycles. The minimum atomic E-state index is -2.58. The fourth-order valence-electron chi connectivity index (χ4n) is 3.96. The van der Waals surface area contributed by atoms with Crippen molar-refractivity contribution in [3.8, 4) is 11.1 Å². The van der Waals surface area contributed by atoms with E-state index in [1.165, 1.54) is 22.3 Å². The van der Waals surface area contributed by atoms with Gasteiger partial charge in [0.15, 0.2) is 0 Å². The monoisotopic (exact) mass is 326 g/mol. The molecule has 1 aliphatic heterocycles. The Kier molecular flexibility index (Phi) is 4.05. The topological polar surface area (TPSA) is 17.1 Å². The minimum absolute atomic E-state index is 0.129. The molecule has 1 nitrogen and oxygen atoms in total. The lowest BCUT2D eigenvalue weighted by molar-refractivity contribution is 0.581. The zero-order valence-electron chi connectivity index (χ0n) is 15.1. The van der Waals surface area contributed by atoms with E-state index in [1.807, 2.05) is 6.07 Å². The van der Waals surface area contributed by atoms with Crippen LogP contribution < -0.4 is 10.6 Å². The van der Waals surface area contributed by atoms with Crippen molar-refractivity contribution >= 4 is 17.8 Å². The summed E-state index contributed by atoms with van der Waals surface area (Å²) >= 11 is 0. The highest BCUT2D eigenvalue weighted by Gasteiger charge is 2.43. The van der Waals surface area contributed by atoms with Gasteiger partial charge in [0.05, 0.1) is 0 Å². The Bertz CT molecular complexity index is 799. The first-order valence-corrected chi connectivity index (χ1v) is 10.4. The summed E-state index contributed by atoms with van der Waals surface area (Å²) in [4.78, 5) is 0. The number of benzene rings is 2. The van der Waals surface area contributed by atoms with Crippen LogP contribution in [-0.2, 0) is 4.57 Å². The molecule has 2 aromatic rings. The summed E-state index contributed by atoms with van der Waals surface area (Å²) in [5.41, 5.74) is 5.19. The predicted octanol–water partition coefficient (Wildman–Crippen LogP) is 5.64. The van der Waals surface area contributed by atoms with E-state index in [2.05, 4.69) is 71.9 Å². The van der Waals surface area contributed by atoms with E-state index < -0.39 is 7.14 Å². The summed E-state index contributed by atoms with van der Waals surface area (Å²) in [7, 11) is -2.58. The van der Waals surface area contributed by atoms with Crippen LogP contribution in [0.2, 0.25) is 0 Å². The van der Waals surface area contributed by atoms with Crippen molar-refractivity contribution in [3.63, 3.8) is 0 Å². The first-order valence-electron chi connectivity index (χ1n) is 8.67. The van der Waals surface area contributed by atoms with Crippen molar-refractivity contribution in [2.24, 2.45) is 0 Å². The quantitative estimate of drug-likeness (QED) is 0.667. The van der Waals surface area contributed by atoms with Crippen molar-refractivity contribution in [1.29, 1.82) is 0 Å². The number of rotatable bonds is 3. The lowest BCUT2D eigenvalue weighted by atomic mass is 9.88. The van der Waals surface area contributed by atoms with Gasteiger partial charge in [0.1, 0.15) is 7.14 Å². The molecule has 0 unspecified atom stereocenters. The Morgan fingerprint density at radius 2 is 1.43 bits per heavy atom. The van der Waals surface area contributed by atoms with Gasteiger partial charge in [-0.05, 0) is 34.1 Å². The molecule has 1 heterocycles. The normalized spacial score (nSPS) is 19.5. The SMILES string of the molecule is CC(C)c1ccc2c(c1C(C)C)[P@@](=O)(C(C)C)c1ccccc1-2. The molecule has 0 fully saturated rings. The van der Waals surface area contributed by atoms with Crippen LogP contribution in [0, 0.1) is 0 Å². The van der Waals surface area contributed by atoms with Gasteiger partial charge in [-0.1, -0.05) is 77.9 Å². The number of hydrogen-bond acceptors (Lipinski definition) is 1. The maximum Gasteiger partial charge on any atom is 0.147 e. The van der Waals surface area contributed by atoms with Crippen LogP contribution >= 0.6 is 7.14 Å². The van der Waals surface area contributed by atoms with Crippen molar-refractivity contribution in [1.82, 2.24) is 0 Å². The fraction of sp³-hybridized carbons (Fsp3) is 0.429. The van der Waals surface area contributed by atoms with Crippen LogP contribution in [0.4, 0.5) is 0 Å². The summed E-state index contributed by atoms with van der Waals surface area (Å²) in [5.74, 6) is 0.825. The highest BCUT2D eigenvalue weighted by atomic mass is 31.2. The molecule has 2 aromatic carbocycles. The standard InChI is InChI=1S/C21H27OP/c1-13(2)16-11-12-18-17-9-7-8-10-19(17)23(22,15(5)6)21(18)20(16)14(3)4/h7-15H,1-6H3/t23-/m1/s1. The lowest BCUT2D eigenvalue weighted by Crippen LogP contribution is -2.23. The highest BCUT2D eigenvalue weighted by Crippen LogP contribution is 2.58. The third-order valence-electron chi connectivity index (χ3n) is 5.06. The zero-order valence-corrected chi connectivity index (χ0v) is 15.9. The number of hydrogen-bond donors (Lipinski definition) is 0. The van der Waals surface area contributed by atoms with Crippen molar-refractivity contribution < 1.29 is 4.57 Å². The maximum atomic E-state index is 14.3. The second kappa shape index (κ2) is 5.64. The average molecular weight is 326 g/mol. The van der Waals surface area contributed by atoms with Crippen molar-refractivity contribution in [2.45, 2.75) is 59.0 Å². The minimum Gasteiger partial charge on any atom is -0.313 e. The van der Waals surface area contributed by atoms with Gasteiger partial charge in [0.25, 0.3) is 0 Å². The van der Waals surface area contributed by atoms with E-state index >= 15 is 0 Å². The molecule has 0 aromatic heterocycles. The van der Waals surface area contributed by atoms with Gasteiger partial charge in [-0.2, -0.15) is 0 Å². The van der Waals surface area contributed by atoms with Crippen LogP contribution in [0.15, 0.2) is 36.4 Å². The van der Waals surface area contributed by atoms with Gasteiger partial charge in [0, 0.05) is 16.3 Å². The molecule has 0 saturated carbocycles. The molecule has 0 radical (unpaired) electrons. The van der Waals surface area contributed by atoms with Gasteiger partial charge in [-0.15, -0.1) is 0 Å². The smallest absolute Gasteiger partial charge is 0.147 e. The third-order valence-corrected chi connectivity index (χ3v) is 8.77. The molecule has 0 bridgehead atoms. The molecule has 23 heavy (non-hydrogen) atoms. The van der Waals surface area contributed by atoms with Gasteiger partial charge < -0.3 is 4.57 Å². The molecule has 1 atom stereocenters. The Morgan fingerprint density at radius 3 is 2.00 bits per heavy atom. The molecule has 122 valence electrons. The van der Waals surface area contributed by atoms with E-state index in [1.54, 1.807) is 0 Å². The molecule has 0 amide bonds. The van der Waals surface area contributed by atoms with E-state index in [9.17, 15) is 4.57 Å². The largest absolute Gasteiger partial charge is 0.313 e. The summed E-state index contributed by atoms with van der Waals surface area (Å²) in [6.45, 7) is 13.1. The first-order chi connectivity index (χ1) is 10.8. The molecule has 0 aliphatic carbocycles. The summed E-state index contributed by atoms with van der Waals surface area (Å²) in [6, 6.07) is 12.8. The second-order valence-corrected chi connectivity index (χ2v) is 10.8. The molecule has 1 aliphatic rings. The van der Waals surface area contributed by atoms with Crippen LogP contribution in [0.5, 0.6) is 0 Å². The second-order valence-electron chi connectivity index (χ2n) is 7.54. The first kappa shape index (κ1) is 16.5. The Labute approximate surface area is 140 Å². The molecule has 3 rings (SSSR count). The van der Waals surface area contributed by atoms with Crippen molar-refractivity contribution in [3.05, 3.63) is 47.5 Å². The Hall–Kier alpha value is -1.33. The molecular weight excluding hydrogens is 299 g/mol. The maximum absolute atomic E-state index is 14.3. The van der Waals surface area contributed by atoms with Gasteiger partial charge in [-0.3, -0.25) is 0 Å². The zero-order chi connectivity index (χ0) is 16.9. The lowest BCUT2D eigenvalue weighted by Gasteiger charge is -2.26. The van der Waals surface area contributed by atoms with Gasteiger partial charge in [-0.25, -0.2) is 0 Å². The van der Waals surface area contributed by atoms with E-state index in [0.717, 1.165) is 10.6 Å². The van der Waals surface area contributed by atoms with E-state index in [-0.39, 0.29) is 5.66 Å². The van der Waals surface area contributed by atoms with Crippen LogP contribution in [0.25, 0.3) is 11.1 Å². The highest BCUT2D eigenvalue weighted by molar-refractivity contribution is 7.80. The fourth-order valence-corrected chi connectivity index (χ4v) is 7.43. The molecule has 0 spiro atoms. The van der Waals surface area contributed by atoms with Crippen LogP contribution in [-0.4, -0.2) is 5.66 Å². The van der Waals surface area contributed by atoms with E-state index in [4.69, 9.17) is 0 Å². The molecular formula is C21H27OP. The van der Waals surface area contributed by atoms with E-state index in [0.29, 0.717) is 11.8 Å². The predicted molar refractivity (Wildman–Crippen MR) is 102 cm³/mol. The Morgan fingerprint density at radius 1 is 0.783 bits per heavy atom. The van der Waals surface area contributed by atoms with Gasteiger partial charge >= 0.3 is 0 Å². The van der Waals surface area contributed by atoms with Crippen molar-refractivity contribution in [2.75, 3.05) is 0 Å². The Balaban J connectivity index is 2.47. The van der Waals surface area contributed by atoms with Crippen LogP contribution in [0.3, 0.4) is 0 Å². The molecule has 2 heteroatoms. The van der Waals surface area contributed by atoms with Gasteiger partial charge in [0.2, 0.25) is 0 Å².